The number of aryl methyl sites for hydroxylation is 1. The number of hydrogen-bond acceptors (Lipinski definition) is 5. The summed E-state index contributed by atoms with van der Waals surface area (Å²) in [5, 5.41) is 0.506. The van der Waals surface area contributed by atoms with Gasteiger partial charge in [0.1, 0.15) is 5.82 Å². The zero-order chi connectivity index (χ0) is 16.7. The van der Waals surface area contributed by atoms with Crippen LogP contribution in [0, 0.1) is 0 Å². The number of ketones is 1. The Morgan fingerprint density at radius 1 is 1.17 bits per heavy atom. The van der Waals surface area contributed by atoms with E-state index in [1.54, 1.807) is 22.8 Å². The maximum Gasteiger partial charge on any atom is 0.338 e. The molecule has 6 nitrogen and oxygen atoms in total. The van der Waals surface area contributed by atoms with Crippen molar-refractivity contribution in [3.63, 3.8) is 0 Å². The summed E-state index contributed by atoms with van der Waals surface area (Å²) in [4.78, 5) is 41.1. The van der Waals surface area contributed by atoms with Crippen molar-refractivity contribution < 1.29 is 14.3 Å². The number of esters is 1. The van der Waals surface area contributed by atoms with E-state index in [0.717, 1.165) is 31.5 Å². The number of benzene rings is 1. The molecular weight excluding hydrogens is 308 g/mol. The molecule has 124 valence electrons. The predicted octanol–water partition coefficient (Wildman–Crippen LogP) is 2.01. The first-order chi connectivity index (χ1) is 11.6. The van der Waals surface area contributed by atoms with Crippen LogP contribution in [0.4, 0.5) is 0 Å². The second kappa shape index (κ2) is 5.85. The molecular formula is C18H18N2O4. The van der Waals surface area contributed by atoms with E-state index in [2.05, 4.69) is 4.98 Å². The lowest BCUT2D eigenvalue weighted by Gasteiger charge is -2.20. The number of carbonyl (C=O) groups is 2. The molecule has 2 aromatic rings. The van der Waals surface area contributed by atoms with Gasteiger partial charge >= 0.3 is 5.97 Å². The maximum absolute atomic E-state index is 12.4. The molecule has 2 heterocycles. The van der Waals surface area contributed by atoms with Gasteiger partial charge in [0.25, 0.3) is 5.56 Å². The summed E-state index contributed by atoms with van der Waals surface area (Å²) in [6.45, 7) is 0.699. The van der Waals surface area contributed by atoms with Crippen molar-refractivity contribution in [2.45, 2.75) is 51.2 Å². The molecule has 0 spiro atoms. The van der Waals surface area contributed by atoms with Gasteiger partial charge in [-0.1, -0.05) is 0 Å². The standard InChI is InChI=1S/C18H18N2O4/c21-14-4-1-2-5-15(14)24-18(23)11-7-8-12-13(10-11)19-16-6-3-9-20(16)17(12)22/h7-8,10,15H,1-6,9H2. The normalized spacial score (nSPS) is 20.2. The zero-order valence-electron chi connectivity index (χ0n) is 13.3. The monoisotopic (exact) mass is 326 g/mol. The van der Waals surface area contributed by atoms with Crippen molar-refractivity contribution in [1.82, 2.24) is 9.55 Å². The van der Waals surface area contributed by atoms with Gasteiger partial charge in [-0.15, -0.1) is 0 Å². The van der Waals surface area contributed by atoms with Gasteiger partial charge in [-0.25, -0.2) is 9.78 Å². The Morgan fingerprint density at radius 2 is 2.04 bits per heavy atom. The Morgan fingerprint density at radius 3 is 2.88 bits per heavy atom. The highest BCUT2D eigenvalue weighted by Crippen LogP contribution is 2.20. The van der Waals surface area contributed by atoms with Crippen LogP contribution in [-0.2, 0) is 22.5 Å². The minimum absolute atomic E-state index is 0.00965. The van der Waals surface area contributed by atoms with Gasteiger partial charge in [0.05, 0.1) is 16.5 Å². The van der Waals surface area contributed by atoms with Crippen molar-refractivity contribution in [3.05, 3.63) is 39.9 Å². The number of fused-ring (bicyclic) bond motifs is 2. The van der Waals surface area contributed by atoms with Crippen LogP contribution in [0.5, 0.6) is 0 Å². The first-order valence-corrected chi connectivity index (χ1v) is 8.40. The lowest BCUT2D eigenvalue weighted by atomic mass is 9.96. The Hall–Kier alpha value is -2.50. The van der Waals surface area contributed by atoms with Crippen LogP contribution < -0.4 is 5.56 Å². The highest BCUT2D eigenvalue weighted by Gasteiger charge is 2.26. The van der Waals surface area contributed by atoms with E-state index in [1.165, 1.54) is 0 Å². The van der Waals surface area contributed by atoms with Gasteiger partial charge in [-0.2, -0.15) is 0 Å². The minimum atomic E-state index is -0.638. The molecule has 0 bridgehead atoms. The molecule has 1 aliphatic heterocycles. The van der Waals surface area contributed by atoms with Crippen molar-refractivity contribution in [2.75, 3.05) is 0 Å². The number of nitrogens with zero attached hydrogens (tertiary/aromatic N) is 2. The molecule has 1 atom stereocenters. The molecule has 1 aromatic heterocycles. The molecule has 6 heteroatoms. The number of hydrogen-bond donors (Lipinski definition) is 0. The average molecular weight is 326 g/mol. The molecule has 1 saturated carbocycles. The number of carbonyl (C=O) groups excluding carboxylic acids is 2. The number of aromatic nitrogens is 2. The van der Waals surface area contributed by atoms with Gasteiger partial charge in [0, 0.05) is 19.4 Å². The molecule has 1 fully saturated rings. The second-order valence-electron chi connectivity index (χ2n) is 6.43. The SMILES string of the molecule is O=C(OC1CCCCC1=O)c1ccc2c(=O)n3c(nc2c1)CCC3. The summed E-state index contributed by atoms with van der Waals surface area (Å²) in [5.74, 6) is 0.226. The van der Waals surface area contributed by atoms with Crippen molar-refractivity contribution in [3.8, 4) is 0 Å². The fourth-order valence-corrected chi connectivity index (χ4v) is 3.48. The summed E-state index contributed by atoms with van der Waals surface area (Å²) in [6.07, 6.45) is 3.87. The fraction of sp³-hybridized carbons (Fsp3) is 0.444. The van der Waals surface area contributed by atoms with E-state index in [4.69, 9.17) is 4.74 Å². The first-order valence-electron chi connectivity index (χ1n) is 8.40. The zero-order valence-corrected chi connectivity index (χ0v) is 13.3. The van der Waals surface area contributed by atoms with Crippen LogP contribution in [0.25, 0.3) is 10.9 Å². The third-order valence-electron chi connectivity index (χ3n) is 4.80. The van der Waals surface area contributed by atoms with Gasteiger partial charge in [-0.05, 0) is 43.9 Å². The fourth-order valence-electron chi connectivity index (χ4n) is 3.48. The number of rotatable bonds is 2. The van der Waals surface area contributed by atoms with Gasteiger partial charge in [0.15, 0.2) is 11.9 Å². The lowest BCUT2D eigenvalue weighted by Crippen LogP contribution is -2.30. The van der Waals surface area contributed by atoms with Crippen LogP contribution in [0.1, 0.15) is 48.3 Å². The average Bonchev–Trinajstić information content (AvgIpc) is 3.05. The Balaban J connectivity index is 1.65. The van der Waals surface area contributed by atoms with E-state index >= 15 is 0 Å². The Kier molecular flexibility index (Phi) is 3.67. The molecule has 0 saturated heterocycles. The number of ether oxygens (including phenoxy) is 1. The Bertz CT molecular complexity index is 900. The summed E-state index contributed by atoms with van der Waals surface area (Å²) in [7, 11) is 0. The highest BCUT2D eigenvalue weighted by molar-refractivity contribution is 5.96. The van der Waals surface area contributed by atoms with E-state index < -0.39 is 12.1 Å². The summed E-state index contributed by atoms with van der Waals surface area (Å²) >= 11 is 0. The minimum Gasteiger partial charge on any atom is -0.451 e. The largest absolute Gasteiger partial charge is 0.451 e. The van der Waals surface area contributed by atoms with E-state index in [0.29, 0.717) is 35.9 Å². The van der Waals surface area contributed by atoms with E-state index in [9.17, 15) is 14.4 Å². The molecule has 0 radical (unpaired) electrons. The van der Waals surface area contributed by atoms with Gasteiger partial charge in [0.2, 0.25) is 0 Å². The third-order valence-corrected chi connectivity index (χ3v) is 4.80. The molecule has 1 unspecified atom stereocenters. The molecule has 0 N–H and O–H groups in total. The lowest BCUT2D eigenvalue weighted by molar-refractivity contribution is -0.129. The van der Waals surface area contributed by atoms with Gasteiger partial charge in [-0.3, -0.25) is 14.2 Å². The maximum atomic E-state index is 12.4. The van der Waals surface area contributed by atoms with Crippen LogP contribution in [0.3, 0.4) is 0 Å². The molecule has 1 aromatic carbocycles. The highest BCUT2D eigenvalue weighted by atomic mass is 16.5. The predicted molar refractivity (Wildman–Crippen MR) is 87.0 cm³/mol. The first kappa shape index (κ1) is 15.1. The van der Waals surface area contributed by atoms with Crippen LogP contribution in [0.2, 0.25) is 0 Å². The topological polar surface area (TPSA) is 78.3 Å². The summed E-state index contributed by atoms with van der Waals surface area (Å²) in [6, 6.07) is 4.78. The molecule has 4 rings (SSSR count). The molecule has 1 aliphatic carbocycles. The van der Waals surface area contributed by atoms with Crippen LogP contribution in [-0.4, -0.2) is 27.4 Å². The smallest absolute Gasteiger partial charge is 0.338 e. The number of Topliss-reactive ketones (excluding diaryl/α,β-unsaturated/α-hetero) is 1. The molecule has 2 aliphatic rings. The quantitative estimate of drug-likeness (QED) is 0.789. The second-order valence-corrected chi connectivity index (χ2v) is 6.43. The van der Waals surface area contributed by atoms with E-state index in [1.807, 2.05) is 0 Å². The molecule has 0 amide bonds. The molecule has 24 heavy (non-hydrogen) atoms. The van der Waals surface area contributed by atoms with Gasteiger partial charge < -0.3 is 4.74 Å². The van der Waals surface area contributed by atoms with Crippen molar-refractivity contribution in [1.29, 1.82) is 0 Å². The van der Waals surface area contributed by atoms with Crippen LogP contribution in [0.15, 0.2) is 23.0 Å². The Labute approximate surface area is 138 Å². The summed E-state index contributed by atoms with van der Waals surface area (Å²) < 4.78 is 7.06. The van der Waals surface area contributed by atoms with Crippen LogP contribution >= 0.6 is 0 Å². The third kappa shape index (κ3) is 2.52. The van der Waals surface area contributed by atoms with Crippen molar-refractivity contribution in [2.24, 2.45) is 0 Å². The van der Waals surface area contributed by atoms with Crippen molar-refractivity contribution >= 4 is 22.7 Å². The summed E-state index contributed by atoms with van der Waals surface area (Å²) in [5.41, 5.74) is 0.781. The van der Waals surface area contributed by atoms with E-state index in [-0.39, 0.29) is 11.3 Å².